The molecule has 5 heteroatoms. The lowest BCUT2D eigenvalue weighted by Gasteiger charge is -2.03. The van der Waals surface area contributed by atoms with Gasteiger partial charge in [-0.25, -0.2) is 4.68 Å². The van der Waals surface area contributed by atoms with E-state index in [9.17, 15) is 4.79 Å². The van der Waals surface area contributed by atoms with Crippen molar-refractivity contribution in [3.05, 3.63) is 51.8 Å². The molecule has 5 nitrogen and oxygen atoms in total. The van der Waals surface area contributed by atoms with Gasteiger partial charge in [-0.05, 0) is 19.1 Å². The van der Waals surface area contributed by atoms with Crippen LogP contribution in [-0.2, 0) is 6.54 Å². The van der Waals surface area contributed by atoms with E-state index in [-0.39, 0.29) is 12.1 Å². The van der Waals surface area contributed by atoms with E-state index < -0.39 is 0 Å². The van der Waals surface area contributed by atoms with Crippen molar-refractivity contribution in [2.24, 2.45) is 0 Å². The highest BCUT2D eigenvalue weighted by Crippen LogP contribution is 2.02. The molecule has 2 aromatic rings. The fraction of sp³-hybridized carbons (Fsp3) is 0.182. The van der Waals surface area contributed by atoms with E-state index in [0.29, 0.717) is 17.0 Å². The van der Waals surface area contributed by atoms with Gasteiger partial charge in [0.05, 0.1) is 17.5 Å². The third-order valence-electron chi connectivity index (χ3n) is 2.19. The first-order valence-electron chi connectivity index (χ1n) is 4.72. The first kappa shape index (κ1) is 10.2. The van der Waals surface area contributed by atoms with Gasteiger partial charge in [0, 0.05) is 6.07 Å². The van der Waals surface area contributed by atoms with Crippen LogP contribution in [0.3, 0.4) is 0 Å². The summed E-state index contributed by atoms with van der Waals surface area (Å²) >= 11 is 0. The molecule has 2 aromatic heterocycles. The number of hydrogen-bond acceptors (Lipinski definition) is 4. The molecule has 0 aliphatic rings. The molecule has 0 amide bonds. The standard InChI is InChI=1S/C11H9N3O2/c1-8-9(6-12)5-11(15)14(13-8)7-10-3-2-4-16-10/h2-5H,7H2,1H3. The summed E-state index contributed by atoms with van der Waals surface area (Å²) in [5.41, 5.74) is 0.535. The molecular weight excluding hydrogens is 206 g/mol. The minimum Gasteiger partial charge on any atom is -0.467 e. The number of hydrogen-bond donors (Lipinski definition) is 0. The Labute approximate surface area is 91.5 Å². The highest BCUT2D eigenvalue weighted by Gasteiger charge is 2.06. The van der Waals surface area contributed by atoms with Crippen LogP contribution >= 0.6 is 0 Å². The molecule has 0 saturated carbocycles. The Morgan fingerprint density at radius 3 is 3.06 bits per heavy atom. The zero-order chi connectivity index (χ0) is 11.5. The number of aromatic nitrogens is 2. The third kappa shape index (κ3) is 1.86. The number of furan rings is 1. The Morgan fingerprint density at radius 1 is 1.62 bits per heavy atom. The number of aryl methyl sites for hydroxylation is 1. The fourth-order valence-electron chi connectivity index (χ4n) is 1.36. The van der Waals surface area contributed by atoms with Gasteiger partial charge in [0.2, 0.25) is 0 Å². The largest absolute Gasteiger partial charge is 0.467 e. The topological polar surface area (TPSA) is 71.8 Å². The maximum absolute atomic E-state index is 11.6. The summed E-state index contributed by atoms with van der Waals surface area (Å²) in [6.07, 6.45) is 1.54. The van der Waals surface area contributed by atoms with Crippen molar-refractivity contribution >= 4 is 0 Å². The maximum atomic E-state index is 11.6. The number of nitriles is 1. The first-order valence-corrected chi connectivity index (χ1v) is 4.72. The first-order chi connectivity index (χ1) is 7.70. The van der Waals surface area contributed by atoms with Gasteiger partial charge >= 0.3 is 0 Å². The van der Waals surface area contributed by atoms with Crippen LogP contribution in [0.2, 0.25) is 0 Å². The monoisotopic (exact) mass is 215 g/mol. The molecule has 0 atom stereocenters. The smallest absolute Gasteiger partial charge is 0.268 e. The van der Waals surface area contributed by atoms with E-state index >= 15 is 0 Å². The average Bonchev–Trinajstić information content (AvgIpc) is 2.75. The normalized spacial score (nSPS) is 10.0. The van der Waals surface area contributed by atoms with Crippen LogP contribution in [0.25, 0.3) is 0 Å². The molecule has 2 heterocycles. The van der Waals surface area contributed by atoms with Gasteiger partial charge in [-0.2, -0.15) is 10.4 Å². The lowest BCUT2D eigenvalue weighted by atomic mass is 10.2. The van der Waals surface area contributed by atoms with Crippen LogP contribution in [0.15, 0.2) is 33.7 Å². The van der Waals surface area contributed by atoms with Crippen LogP contribution < -0.4 is 5.56 Å². The van der Waals surface area contributed by atoms with Crippen molar-refractivity contribution in [3.8, 4) is 6.07 Å². The molecule has 0 unspecified atom stereocenters. The van der Waals surface area contributed by atoms with E-state index in [0.717, 1.165) is 0 Å². The molecule has 0 bridgehead atoms. The maximum Gasteiger partial charge on any atom is 0.268 e. The van der Waals surface area contributed by atoms with E-state index in [1.165, 1.54) is 17.0 Å². The van der Waals surface area contributed by atoms with E-state index in [1.54, 1.807) is 19.1 Å². The molecule has 0 radical (unpaired) electrons. The second-order valence-electron chi connectivity index (χ2n) is 3.33. The predicted octanol–water partition coefficient (Wildman–Crippen LogP) is 1.06. The highest BCUT2D eigenvalue weighted by molar-refractivity contribution is 5.30. The van der Waals surface area contributed by atoms with Gasteiger partial charge in [-0.3, -0.25) is 4.79 Å². The summed E-state index contributed by atoms with van der Waals surface area (Å²) < 4.78 is 6.40. The summed E-state index contributed by atoms with van der Waals surface area (Å²) in [4.78, 5) is 11.6. The summed E-state index contributed by atoms with van der Waals surface area (Å²) in [5, 5.41) is 12.8. The molecule has 0 aliphatic carbocycles. The van der Waals surface area contributed by atoms with E-state index in [1.807, 2.05) is 6.07 Å². The van der Waals surface area contributed by atoms with Crippen LogP contribution in [0.5, 0.6) is 0 Å². The molecule has 2 rings (SSSR count). The van der Waals surface area contributed by atoms with E-state index in [4.69, 9.17) is 9.68 Å². The van der Waals surface area contributed by atoms with Crippen LogP contribution in [0.1, 0.15) is 17.0 Å². The highest BCUT2D eigenvalue weighted by atomic mass is 16.3. The Hall–Kier alpha value is -2.35. The SMILES string of the molecule is Cc1nn(Cc2ccco2)c(=O)cc1C#N. The summed E-state index contributed by atoms with van der Waals surface area (Å²) in [7, 11) is 0. The molecule has 0 N–H and O–H groups in total. The van der Waals surface area contributed by atoms with Crippen LogP contribution in [0.4, 0.5) is 0 Å². The Bertz CT molecular complexity index is 591. The molecule has 0 fully saturated rings. The lowest BCUT2D eigenvalue weighted by molar-refractivity contribution is 0.469. The van der Waals surface area contributed by atoms with Crippen molar-refractivity contribution in [1.82, 2.24) is 9.78 Å². The van der Waals surface area contributed by atoms with Gasteiger partial charge in [0.15, 0.2) is 0 Å². The minimum atomic E-state index is -0.307. The minimum absolute atomic E-state index is 0.276. The molecule has 0 aliphatic heterocycles. The molecule has 16 heavy (non-hydrogen) atoms. The predicted molar refractivity (Wildman–Crippen MR) is 55.8 cm³/mol. The Balaban J connectivity index is 2.40. The summed E-state index contributed by atoms with van der Waals surface area (Å²) in [5.74, 6) is 0.652. The van der Waals surface area contributed by atoms with E-state index in [2.05, 4.69) is 5.10 Å². The van der Waals surface area contributed by atoms with Crippen molar-refractivity contribution in [2.45, 2.75) is 13.5 Å². The van der Waals surface area contributed by atoms with Crippen LogP contribution in [0, 0.1) is 18.3 Å². The fourth-order valence-corrected chi connectivity index (χ4v) is 1.36. The van der Waals surface area contributed by atoms with Gasteiger partial charge in [0.25, 0.3) is 5.56 Å². The zero-order valence-corrected chi connectivity index (χ0v) is 8.67. The van der Waals surface area contributed by atoms with Gasteiger partial charge in [0.1, 0.15) is 18.4 Å². The van der Waals surface area contributed by atoms with Gasteiger partial charge in [-0.15, -0.1) is 0 Å². The second-order valence-corrected chi connectivity index (χ2v) is 3.33. The number of nitrogens with zero attached hydrogens (tertiary/aromatic N) is 3. The molecule has 0 saturated heterocycles. The second kappa shape index (κ2) is 4.03. The molecule has 0 aromatic carbocycles. The lowest BCUT2D eigenvalue weighted by Crippen LogP contribution is -2.24. The average molecular weight is 215 g/mol. The van der Waals surface area contributed by atoms with Crippen LogP contribution in [-0.4, -0.2) is 9.78 Å². The molecule has 0 spiro atoms. The quantitative estimate of drug-likeness (QED) is 0.751. The van der Waals surface area contributed by atoms with Crippen molar-refractivity contribution in [3.63, 3.8) is 0 Å². The van der Waals surface area contributed by atoms with Crippen molar-refractivity contribution in [1.29, 1.82) is 5.26 Å². The Morgan fingerprint density at radius 2 is 2.44 bits per heavy atom. The van der Waals surface area contributed by atoms with Crippen molar-refractivity contribution in [2.75, 3.05) is 0 Å². The zero-order valence-electron chi connectivity index (χ0n) is 8.67. The van der Waals surface area contributed by atoms with Crippen molar-refractivity contribution < 1.29 is 4.42 Å². The van der Waals surface area contributed by atoms with Gasteiger partial charge in [-0.1, -0.05) is 0 Å². The Kier molecular flexibility index (Phi) is 2.56. The number of rotatable bonds is 2. The third-order valence-corrected chi connectivity index (χ3v) is 2.19. The van der Waals surface area contributed by atoms with Gasteiger partial charge < -0.3 is 4.42 Å². The molecule has 80 valence electrons. The molecular formula is C11H9N3O2. The summed E-state index contributed by atoms with van der Waals surface area (Å²) in [6.45, 7) is 1.97. The summed E-state index contributed by atoms with van der Waals surface area (Å²) in [6, 6.07) is 6.72.